The molecule has 12 rings (SSSR count). The Bertz CT molecular complexity index is 3340. The monoisotopic (exact) mass is 606 g/mol. The first kappa shape index (κ1) is 24.8. The molecule has 0 saturated carbocycles. The van der Waals surface area contributed by atoms with Crippen molar-refractivity contribution >= 4 is 108 Å². The summed E-state index contributed by atoms with van der Waals surface area (Å²) in [5.41, 5.74) is 7.26. The zero-order chi connectivity index (χ0) is 31.1. The van der Waals surface area contributed by atoms with E-state index in [9.17, 15) is 0 Å². The molecule has 0 amide bonds. The van der Waals surface area contributed by atoms with Crippen molar-refractivity contribution in [3.05, 3.63) is 146 Å². The summed E-state index contributed by atoms with van der Waals surface area (Å²) in [7, 11) is 0. The fraction of sp³-hybridized carbons (Fsp3) is 0. The van der Waals surface area contributed by atoms with Gasteiger partial charge in [0.15, 0.2) is 0 Å². The smallest absolute Gasteiger partial charge is 0.0551 e. The van der Waals surface area contributed by atoms with Crippen LogP contribution in [-0.2, 0) is 0 Å². The predicted octanol–water partition coefficient (Wildman–Crippen LogP) is 13.0. The van der Waals surface area contributed by atoms with Gasteiger partial charge in [-0.2, -0.15) is 0 Å². The summed E-state index contributed by atoms with van der Waals surface area (Å²) in [6.45, 7) is 0. The number of benzene rings is 10. The highest BCUT2D eigenvalue weighted by Gasteiger charge is 2.19. The van der Waals surface area contributed by atoms with Crippen LogP contribution in [0, 0.1) is 0 Å². The number of rotatable bonds is 1. The van der Waals surface area contributed by atoms with E-state index in [4.69, 9.17) is 0 Å². The van der Waals surface area contributed by atoms with Gasteiger partial charge >= 0.3 is 0 Å². The molecule has 2 heteroatoms. The highest BCUT2D eigenvalue weighted by molar-refractivity contribution is 6.38. The third kappa shape index (κ3) is 3.08. The molecule has 0 atom stereocenters. The molecule has 2 nitrogen and oxygen atoms in total. The van der Waals surface area contributed by atoms with Crippen molar-refractivity contribution in [2.24, 2.45) is 0 Å². The number of fused-ring (bicyclic) bond motifs is 13. The number of hydrogen-bond donors (Lipinski definition) is 2. The third-order valence-electron chi connectivity index (χ3n) is 11.0. The van der Waals surface area contributed by atoms with Gasteiger partial charge < -0.3 is 9.97 Å². The maximum Gasteiger partial charge on any atom is 0.0551 e. The Balaban J connectivity index is 1.18. The molecular weight excluding hydrogens is 581 g/mol. The van der Waals surface area contributed by atoms with Crippen molar-refractivity contribution in [1.29, 1.82) is 0 Å². The molecule has 0 radical (unpaired) electrons. The summed E-state index contributed by atoms with van der Waals surface area (Å²) >= 11 is 0. The Labute approximate surface area is 274 Å². The van der Waals surface area contributed by atoms with Crippen molar-refractivity contribution in [2.45, 2.75) is 0 Å². The molecule has 48 heavy (non-hydrogen) atoms. The second-order valence-corrected chi connectivity index (χ2v) is 13.4. The van der Waals surface area contributed by atoms with Gasteiger partial charge in [0.25, 0.3) is 0 Å². The van der Waals surface area contributed by atoms with Crippen LogP contribution in [0.1, 0.15) is 0 Å². The Hall–Kier alpha value is -6.38. The number of nitrogens with one attached hydrogen (secondary N) is 2. The van der Waals surface area contributed by atoms with E-state index in [0.717, 1.165) is 0 Å². The van der Waals surface area contributed by atoms with Gasteiger partial charge in [-0.25, -0.2) is 0 Å². The normalized spacial score (nSPS) is 12.6. The Morgan fingerprint density at radius 2 is 1.04 bits per heavy atom. The van der Waals surface area contributed by atoms with Crippen LogP contribution >= 0.6 is 0 Å². The summed E-state index contributed by atoms with van der Waals surface area (Å²) in [4.78, 5) is 7.53. The second kappa shape index (κ2) is 8.70. The Morgan fingerprint density at radius 1 is 0.292 bits per heavy atom. The molecule has 10 aromatic carbocycles. The summed E-state index contributed by atoms with van der Waals surface area (Å²) in [6, 6.07) is 54.2. The lowest BCUT2D eigenvalue weighted by Gasteiger charge is -2.16. The molecule has 12 aromatic rings. The molecule has 0 fully saturated rings. The first-order valence-electron chi connectivity index (χ1n) is 16.7. The van der Waals surface area contributed by atoms with Crippen LogP contribution in [0.4, 0.5) is 0 Å². The van der Waals surface area contributed by atoms with Crippen LogP contribution in [0.5, 0.6) is 0 Å². The van der Waals surface area contributed by atoms with Crippen molar-refractivity contribution in [3.63, 3.8) is 0 Å². The van der Waals surface area contributed by atoms with Crippen LogP contribution in [0.25, 0.3) is 119 Å². The van der Waals surface area contributed by atoms with Crippen molar-refractivity contribution in [3.8, 4) is 11.1 Å². The first-order chi connectivity index (χ1) is 23.8. The largest absolute Gasteiger partial charge is 0.354 e. The molecule has 2 aromatic heterocycles. The lowest BCUT2D eigenvalue weighted by Crippen LogP contribution is -1.89. The van der Waals surface area contributed by atoms with Gasteiger partial charge in [0.2, 0.25) is 0 Å². The van der Waals surface area contributed by atoms with Gasteiger partial charge in [0.1, 0.15) is 0 Å². The van der Waals surface area contributed by atoms with Gasteiger partial charge in [-0.15, -0.1) is 0 Å². The van der Waals surface area contributed by atoms with Gasteiger partial charge in [-0.1, -0.05) is 115 Å². The minimum absolute atomic E-state index is 1.17. The second-order valence-electron chi connectivity index (χ2n) is 13.4. The van der Waals surface area contributed by atoms with E-state index in [0.29, 0.717) is 0 Å². The molecule has 0 aliphatic heterocycles. The zero-order valence-electron chi connectivity index (χ0n) is 25.9. The number of H-pyrrole nitrogens is 2. The van der Waals surface area contributed by atoms with E-state index >= 15 is 0 Å². The van der Waals surface area contributed by atoms with Gasteiger partial charge in [0.05, 0.1) is 5.52 Å². The summed E-state index contributed by atoms with van der Waals surface area (Å²) in [5.74, 6) is 0. The average Bonchev–Trinajstić information content (AvgIpc) is 3.72. The van der Waals surface area contributed by atoms with Crippen molar-refractivity contribution in [1.82, 2.24) is 9.97 Å². The minimum atomic E-state index is 1.17. The fourth-order valence-electron chi connectivity index (χ4n) is 8.91. The van der Waals surface area contributed by atoms with E-state index < -0.39 is 0 Å². The molecule has 220 valence electrons. The van der Waals surface area contributed by atoms with E-state index in [1.165, 1.54) is 119 Å². The molecule has 0 bridgehead atoms. The van der Waals surface area contributed by atoms with Crippen molar-refractivity contribution < 1.29 is 0 Å². The maximum absolute atomic E-state index is 3.77. The molecule has 0 aliphatic rings. The third-order valence-corrected chi connectivity index (χ3v) is 11.0. The molecule has 0 aliphatic carbocycles. The zero-order valence-corrected chi connectivity index (χ0v) is 25.9. The van der Waals surface area contributed by atoms with Crippen LogP contribution in [0.2, 0.25) is 0 Å². The number of hydrogen-bond acceptors (Lipinski definition) is 0. The Kier molecular flexibility index (Phi) is 4.49. The SMILES string of the molecule is c1ccc2c(c1)ccc1cc3[nH]c4ccc5ccc(-c6ccc7c8c9ccccc9[nH]c8c8cccc9ccc6c7c98)cc5c4c3cc12. The molecule has 2 N–H and O–H groups in total. The van der Waals surface area contributed by atoms with E-state index in [1.54, 1.807) is 0 Å². The molecular formula is C46H26N2. The number of aromatic amines is 2. The van der Waals surface area contributed by atoms with E-state index in [2.05, 4.69) is 156 Å². The topological polar surface area (TPSA) is 31.6 Å². The molecule has 0 spiro atoms. The quantitative estimate of drug-likeness (QED) is 0.174. The summed E-state index contributed by atoms with van der Waals surface area (Å²) in [5, 5.41) is 20.7. The fourth-order valence-corrected chi connectivity index (χ4v) is 8.91. The number of para-hydroxylation sites is 1. The Morgan fingerprint density at radius 3 is 2.02 bits per heavy atom. The van der Waals surface area contributed by atoms with E-state index in [1.807, 2.05) is 0 Å². The van der Waals surface area contributed by atoms with E-state index in [-0.39, 0.29) is 0 Å². The molecule has 0 saturated heterocycles. The lowest BCUT2D eigenvalue weighted by atomic mass is 9.87. The summed E-state index contributed by atoms with van der Waals surface area (Å²) in [6.07, 6.45) is 0. The minimum Gasteiger partial charge on any atom is -0.354 e. The number of aromatic nitrogens is 2. The van der Waals surface area contributed by atoms with Gasteiger partial charge in [-0.3, -0.25) is 0 Å². The van der Waals surface area contributed by atoms with Gasteiger partial charge in [-0.05, 0) is 101 Å². The highest BCUT2D eigenvalue weighted by Crippen LogP contribution is 2.46. The molecule has 2 heterocycles. The van der Waals surface area contributed by atoms with Crippen LogP contribution in [0.15, 0.2) is 146 Å². The van der Waals surface area contributed by atoms with Crippen LogP contribution in [0.3, 0.4) is 0 Å². The first-order valence-corrected chi connectivity index (χ1v) is 16.7. The summed E-state index contributed by atoms with van der Waals surface area (Å²) < 4.78 is 0. The van der Waals surface area contributed by atoms with Crippen LogP contribution in [-0.4, -0.2) is 9.97 Å². The highest BCUT2D eigenvalue weighted by atomic mass is 14.7. The maximum atomic E-state index is 3.77. The molecule has 0 unspecified atom stereocenters. The van der Waals surface area contributed by atoms with Crippen LogP contribution < -0.4 is 0 Å². The standard InChI is InChI=1S/C46H26N2/c1-2-8-30-25(6-1)12-15-29-23-41-38(24-36(29)30)43-37-22-28(14-13-26(37)17-21-40(43)47-41)31-19-20-34-44-32(31)18-16-27-7-5-10-35(42(27)44)46-45(34)33-9-3-4-11-39(33)48-46/h1-24,47-48H. The average molecular weight is 607 g/mol. The lowest BCUT2D eigenvalue weighted by molar-refractivity contribution is 1.56. The van der Waals surface area contributed by atoms with Gasteiger partial charge in [0, 0.05) is 43.5 Å². The predicted molar refractivity (Wildman–Crippen MR) is 207 cm³/mol. The van der Waals surface area contributed by atoms with Crippen molar-refractivity contribution in [2.75, 3.05) is 0 Å².